The van der Waals surface area contributed by atoms with E-state index in [1.165, 1.54) is 0 Å². The van der Waals surface area contributed by atoms with Crippen LogP contribution >= 0.6 is 11.6 Å². The summed E-state index contributed by atoms with van der Waals surface area (Å²) in [6.45, 7) is 9.07. The lowest BCUT2D eigenvalue weighted by atomic mass is 10.0. The molecule has 6 nitrogen and oxygen atoms in total. The van der Waals surface area contributed by atoms with E-state index >= 15 is 0 Å². The third-order valence-corrected chi connectivity index (χ3v) is 5.00. The molecule has 0 N–H and O–H groups in total. The monoisotopic (exact) mass is 327 g/mol. The Bertz CT molecular complexity index is 523. The summed E-state index contributed by atoms with van der Waals surface area (Å²) >= 11 is 5.95. The van der Waals surface area contributed by atoms with Crippen LogP contribution in [0.25, 0.3) is 0 Å². The van der Waals surface area contributed by atoms with Crippen molar-refractivity contribution in [3.05, 3.63) is 16.5 Å². The second-order valence-electron chi connectivity index (χ2n) is 6.19. The predicted molar refractivity (Wildman–Crippen MR) is 81.9 cm³/mol. The lowest BCUT2D eigenvalue weighted by Crippen LogP contribution is -2.47. The molecule has 7 heteroatoms. The Hall–Kier alpha value is -1.11. The second kappa shape index (κ2) is 6.56. The van der Waals surface area contributed by atoms with Gasteiger partial charge in [-0.15, -0.1) is 0 Å². The van der Waals surface area contributed by atoms with Crippen LogP contribution in [0.4, 0.5) is 0 Å². The van der Waals surface area contributed by atoms with Crippen molar-refractivity contribution in [2.24, 2.45) is 5.92 Å². The number of halogens is 1. The molecule has 1 aromatic rings. The minimum absolute atomic E-state index is 0.0933. The van der Waals surface area contributed by atoms with Gasteiger partial charge in [-0.2, -0.15) is 0 Å². The van der Waals surface area contributed by atoms with Crippen LogP contribution in [0.3, 0.4) is 0 Å². The van der Waals surface area contributed by atoms with Crippen LogP contribution in [-0.2, 0) is 16.0 Å². The number of carbonyl (C=O) groups excluding carboxylic acids is 1. The van der Waals surface area contributed by atoms with E-state index < -0.39 is 0 Å². The summed E-state index contributed by atoms with van der Waals surface area (Å²) in [5.41, 5.74) is 1.39. The first-order valence-corrected chi connectivity index (χ1v) is 8.14. The number of nitrogens with zero attached hydrogens (tertiary/aromatic N) is 3. The quantitative estimate of drug-likeness (QED) is 0.839. The first kappa shape index (κ1) is 15.8. The fraction of sp³-hybridized carbons (Fsp3) is 0.733. The molecule has 1 aromatic heterocycles. The Morgan fingerprint density at radius 2 is 2.09 bits per heavy atom. The lowest BCUT2D eigenvalue weighted by Gasteiger charge is -2.33. The molecule has 0 aliphatic carbocycles. The summed E-state index contributed by atoms with van der Waals surface area (Å²) in [5, 5.41) is 4.02. The average molecular weight is 328 g/mol. The van der Waals surface area contributed by atoms with Gasteiger partial charge in [0.15, 0.2) is 0 Å². The molecule has 0 spiro atoms. The van der Waals surface area contributed by atoms with Gasteiger partial charge in [-0.05, 0) is 24.4 Å². The molecular formula is C15H22ClN3O3. The van der Waals surface area contributed by atoms with Crippen LogP contribution in [0.1, 0.15) is 18.2 Å². The zero-order chi connectivity index (χ0) is 15.7. The van der Waals surface area contributed by atoms with Crippen molar-refractivity contribution in [3.63, 3.8) is 0 Å². The Morgan fingerprint density at radius 3 is 2.73 bits per heavy atom. The number of aryl methyl sites for hydroxylation is 1. The van der Waals surface area contributed by atoms with Crippen LogP contribution in [0.2, 0.25) is 5.22 Å². The molecule has 2 fully saturated rings. The number of aromatic nitrogens is 1. The van der Waals surface area contributed by atoms with Gasteiger partial charge < -0.3 is 14.2 Å². The van der Waals surface area contributed by atoms with Crippen molar-refractivity contribution in [2.45, 2.75) is 26.3 Å². The zero-order valence-electron chi connectivity index (χ0n) is 13.0. The summed E-state index contributed by atoms with van der Waals surface area (Å²) in [6, 6.07) is 0.423. The molecule has 2 aliphatic heterocycles. The molecule has 2 aliphatic rings. The van der Waals surface area contributed by atoms with E-state index in [1.54, 1.807) is 6.92 Å². The molecule has 22 heavy (non-hydrogen) atoms. The van der Waals surface area contributed by atoms with E-state index in [9.17, 15) is 4.79 Å². The summed E-state index contributed by atoms with van der Waals surface area (Å²) in [5.74, 6) is 0.567. The third kappa shape index (κ3) is 3.14. The Morgan fingerprint density at radius 1 is 1.36 bits per heavy atom. The number of rotatable bonds is 3. The number of carbonyl (C=O) groups is 1. The van der Waals surface area contributed by atoms with Gasteiger partial charge in [-0.3, -0.25) is 9.69 Å². The highest BCUT2D eigenvalue weighted by Crippen LogP contribution is 2.25. The summed E-state index contributed by atoms with van der Waals surface area (Å²) in [4.78, 5) is 16.9. The largest absolute Gasteiger partial charge is 0.379 e. The van der Waals surface area contributed by atoms with E-state index in [0.717, 1.165) is 39.4 Å². The minimum Gasteiger partial charge on any atom is -0.379 e. The summed E-state index contributed by atoms with van der Waals surface area (Å²) in [6.07, 6.45) is 0.261. The van der Waals surface area contributed by atoms with Crippen LogP contribution < -0.4 is 0 Å². The fourth-order valence-electron chi connectivity index (χ4n) is 3.36. The number of hydrogen-bond acceptors (Lipinski definition) is 5. The first-order valence-electron chi connectivity index (χ1n) is 7.76. The SMILES string of the molecule is Cc1noc(Cl)c1CC(=O)N1CC(C)C(N2CCOCC2)C1. The van der Waals surface area contributed by atoms with Gasteiger partial charge in [0.25, 0.3) is 0 Å². The predicted octanol–water partition coefficient (Wildman–Crippen LogP) is 1.36. The van der Waals surface area contributed by atoms with Crippen molar-refractivity contribution in [1.82, 2.24) is 15.0 Å². The molecule has 2 saturated heterocycles. The topological polar surface area (TPSA) is 58.8 Å². The molecular weight excluding hydrogens is 306 g/mol. The molecule has 2 unspecified atom stereocenters. The summed E-state index contributed by atoms with van der Waals surface area (Å²) in [7, 11) is 0. The molecule has 3 heterocycles. The smallest absolute Gasteiger partial charge is 0.229 e. The van der Waals surface area contributed by atoms with Gasteiger partial charge in [0, 0.05) is 37.8 Å². The molecule has 2 atom stereocenters. The van der Waals surface area contributed by atoms with Crippen molar-refractivity contribution >= 4 is 17.5 Å². The van der Waals surface area contributed by atoms with Gasteiger partial charge in [-0.1, -0.05) is 12.1 Å². The van der Waals surface area contributed by atoms with Gasteiger partial charge in [0.05, 0.1) is 25.3 Å². The normalized spacial score (nSPS) is 26.6. The number of morpholine rings is 1. The average Bonchev–Trinajstić information content (AvgIpc) is 3.05. The molecule has 1 amide bonds. The van der Waals surface area contributed by atoms with E-state index in [2.05, 4.69) is 17.0 Å². The maximum Gasteiger partial charge on any atom is 0.229 e. The van der Waals surface area contributed by atoms with E-state index in [4.69, 9.17) is 20.9 Å². The van der Waals surface area contributed by atoms with Crippen LogP contribution in [-0.4, -0.2) is 66.3 Å². The minimum atomic E-state index is 0.0933. The second-order valence-corrected chi connectivity index (χ2v) is 6.53. The fourth-order valence-corrected chi connectivity index (χ4v) is 3.60. The first-order chi connectivity index (χ1) is 10.6. The van der Waals surface area contributed by atoms with Gasteiger partial charge >= 0.3 is 0 Å². The van der Waals surface area contributed by atoms with E-state index in [1.807, 2.05) is 4.90 Å². The van der Waals surface area contributed by atoms with E-state index in [0.29, 0.717) is 23.2 Å². The van der Waals surface area contributed by atoms with Gasteiger partial charge in [-0.25, -0.2) is 0 Å². The van der Waals surface area contributed by atoms with Crippen LogP contribution in [0.5, 0.6) is 0 Å². The highest BCUT2D eigenvalue weighted by atomic mass is 35.5. The third-order valence-electron chi connectivity index (χ3n) is 4.70. The molecule has 0 aromatic carbocycles. The maximum atomic E-state index is 12.5. The molecule has 0 radical (unpaired) electrons. The van der Waals surface area contributed by atoms with Crippen molar-refractivity contribution in [1.29, 1.82) is 0 Å². The van der Waals surface area contributed by atoms with Crippen LogP contribution in [0.15, 0.2) is 4.52 Å². The Balaban J connectivity index is 1.62. The molecule has 0 saturated carbocycles. The van der Waals surface area contributed by atoms with E-state index in [-0.39, 0.29) is 17.5 Å². The number of ether oxygens (including phenoxy) is 1. The lowest BCUT2D eigenvalue weighted by molar-refractivity contribution is -0.129. The van der Waals surface area contributed by atoms with Crippen molar-refractivity contribution in [2.75, 3.05) is 39.4 Å². The molecule has 0 bridgehead atoms. The highest BCUT2D eigenvalue weighted by molar-refractivity contribution is 6.29. The zero-order valence-corrected chi connectivity index (χ0v) is 13.8. The Kier molecular flexibility index (Phi) is 4.70. The van der Waals surface area contributed by atoms with Crippen molar-refractivity contribution < 1.29 is 14.1 Å². The van der Waals surface area contributed by atoms with Crippen LogP contribution in [0, 0.1) is 12.8 Å². The van der Waals surface area contributed by atoms with Gasteiger partial charge in [0.2, 0.25) is 11.1 Å². The number of likely N-dealkylation sites (tertiary alicyclic amines) is 1. The highest BCUT2D eigenvalue weighted by Gasteiger charge is 2.36. The Labute approximate surface area is 135 Å². The number of hydrogen-bond donors (Lipinski definition) is 0. The van der Waals surface area contributed by atoms with Gasteiger partial charge in [0.1, 0.15) is 0 Å². The molecule has 122 valence electrons. The maximum absolute atomic E-state index is 12.5. The molecule has 3 rings (SSSR count). The number of amides is 1. The standard InChI is InChI=1S/C15H22ClN3O3/c1-10-8-19(9-13(10)18-3-5-21-6-4-18)14(20)7-12-11(2)17-22-15(12)16/h10,13H,3-9H2,1-2H3. The summed E-state index contributed by atoms with van der Waals surface area (Å²) < 4.78 is 10.3. The van der Waals surface area contributed by atoms with Crippen molar-refractivity contribution in [3.8, 4) is 0 Å².